The summed E-state index contributed by atoms with van der Waals surface area (Å²) in [7, 11) is 0. The maximum atomic E-state index is 13.0. The van der Waals surface area contributed by atoms with E-state index in [4.69, 9.17) is 9.47 Å². The van der Waals surface area contributed by atoms with Gasteiger partial charge in [-0.2, -0.15) is 0 Å². The normalized spacial score (nSPS) is 15.0. The molecule has 1 aliphatic heterocycles. The lowest BCUT2D eigenvalue weighted by Crippen LogP contribution is -2.29. The van der Waals surface area contributed by atoms with Crippen molar-refractivity contribution >= 4 is 23.9 Å². The summed E-state index contributed by atoms with van der Waals surface area (Å²) in [6, 6.07) is 11.9. The summed E-state index contributed by atoms with van der Waals surface area (Å²) in [5.74, 6) is -2.13. The number of cyclic esters (lactones) is 1. The van der Waals surface area contributed by atoms with Gasteiger partial charge in [0, 0.05) is 11.1 Å². The predicted molar refractivity (Wildman–Crippen MR) is 84.0 cm³/mol. The standard InChI is InChI=1S/C18H12FNO5/c19-13-7-5-11(6-8-13)17-20-14(18(23)25-17)9-12-3-1-2-4-15(12)24-10-16(21)22/h1-9H,10H2,(H,21,22)/p-1/b14-9-. The Labute approximate surface area is 141 Å². The van der Waals surface area contributed by atoms with E-state index in [1.807, 2.05) is 0 Å². The van der Waals surface area contributed by atoms with Gasteiger partial charge in [0.1, 0.15) is 18.2 Å². The quantitative estimate of drug-likeness (QED) is 0.605. The van der Waals surface area contributed by atoms with Crippen molar-refractivity contribution in [3.63, 3.8) is 0 Å². The van der Waals surface area contributed by atoms with Crippen LogP contribution in [0.15, 0.2) is 59.2 Å². The number of aliphatic carboxylic acids is 1. The number of rotatable bonds is 5. The Morgan fingerprint density at radius 3 is 2.64 bits per heavy atom. The summed E-state index contributed by atoms with van der Waals surface area (Å²) >= 11 is 0. The fraction of sp³-hybridized carbons (Fsp3) is 0.0556. The number of esters is 1. The molecule has 0 N–H and O–H groups in total. The number of carbonyl (C=O) groups is 2. The lowest BCUT2D eigenvalue weighted by Gasteiger charge is -2.09. The predicted octanol–water partition coefficient (Wildman–Crippen LogP) is 1.30. The highest BCUT2D eigenvalue weighted by Crippen LogP contribution is 2.24. The Morgan fingerprint density at radius 1 is 1.20 bits per heavy atom. The van der Waals surface area contributed by atoms with Crippen LogP contribution in [0, 0.1) is 5.82 Å². The molecule has 0 unspecified atom stereocenters. The van der Waals surface area contributed by atoms with E-state index in [-0.39, 0.29) is 17.3 Å². The number of hydrogen-bond donors (Lipinski definition) is 0. The number of carboxylic acids is 1. The van der Waals surface area contributed by atoms with Crippen LogP contribution in [-0.4, -0.2) is 24.4 Å². The molecule has 25 heavy (non-hydrogen) atoms. The van der Waals surface area contributed by atoms with Crippen molar-refractivity contribution in [1.29, 1.82) is 0 Å². The van der Waals surface area contributed by atoms with Gasteiger partial charge in [-0.1, -0.05) is 18.2 Å². The Morgan fingerprint density at radius 2 is 1.92 bits per heavy atom. The average Bonchev–Trinajstić information content (AvgIpc) is 2.95. The Bertz CT molecular complexity index is 887. The number of hydrogen-bond acceptors (Lipinski definition) is 6. The van der Waals surface area contributed by atoms with Gasteiger partial charge in [-0.25, -0.2) is 14.2 Å². The molecule has 0 amide bonds. The molecule has 0 saturated heterocycles. The van der Waals surface area contributed by atoms with Crippen LogP contribution in [0.2, 0.25) is 0 Å². The zero-order chi connectivity index (χ0) is 17.8. The molecule has 0 saturated carbocycles. The number of ether oxygens (including phenoxy) is 2. The van der Waals surface area contributed by atoms with Crippen LogP contribution in [0.1, 0.15) is 11.1 Å². The summed E-state index contributed by atoms with van der Waals surface area (Å²) in [5.41, 5.74) is 0.934. The van der Waals surface area contributed by atoms with Crippen molar-refractivity contribution < 1.29 is 28.6 Å². The van der Waals surface area contributed by atoms with Crippen LogP contribution in [-0.2, 0) is 14.3 Å². The van der Waals surface area contributed by atoms with E-state index in [9.17, 15) is 19.1 Å². The molecule has 2 aromatic rings. The third-order valence-corrected chi connectivity index (χ3v) is 3.27. The van der Waals surface area contributed by atoms with E-state index in [2.05, 4.69) is 4.99 Å². The number of para-hydroxylation sites is 1. The lowest BCUT2D eigenvalue weighted by molar-refractivity contribution is -0.307. The first-order valence-electron chi connectivity index (χ1n) is 7.23. The largest absolute Gasteiger partial charge is 0.546 e. The molecule has 0 atom stereocenters. The monoisotopic (exact) mass is 340 g/mol. The third kappa shape index (κ3) is 3.89. The number of nitrogens with zero attached hydrogens (tertiary/aromatic N) is 1. The molecule has 0 fully saturated rings. The first kappa shape index (κ1) is 16.4. The second-order valence-electron chi connectivity index (χ2n) is 5.04. The molecule has 1 heterocycles. The third-order valence-electron chi connectivity index (χ3n) is 3.27. The fourth-order valence-corrected chi connectivity index (χ4v) is 2.14. The Hall–Kier alpha value is -3.48. The number of halogens is 1. The average molecular weight is 340 g/mol. The van der Waals surface area contributed by atoms with Gasteiger partial charge >= 0.3 is 5.97 Å². The van der Waals surface area contributed by atoms with Gasteiger partial charge in [0.05, 0.1) is 5.97 Å². The lowest BCUT2D eigenvalue weighted by atomic mass is 10.1. The number of benzene rings is 2. The van der Waals surface area contributed by atoms with Crippen LogP contribution < -0.4 is 9.84 Å². The van der Waals surface area contributed by atoms with Gasteiger partial charge in [0.25, 0.3) is 0 Å². The number of aliphatic imine (C=N–C) groups is 1. The van der Waals surface area contributed by atoms with Gasteiger partial charge in [0.2, 0.25) is 5.90 Å². The molecule has 7 heteroatoms. The van der Waals surface area contributed by atoms with Crippen LogP contribution in [0.5, 0.6) is 5.75 Å². The van der Waals surface area contributed by atoms with E-state index in [0.717, 1.165) is 0 Å². The van der Waals surface area contributed by atoms with E-state index < -0.39 is 24.4 Å². The first-order chi connectivity index (χ1) is 12.0. The topological polar surface area (TPSA) is 88.0 Å². The minimum absolute atomic E-state index is 0.0174. The molecule has 0 aromatic heterocycles. The summed E-state index contributed by atoms with van der Waals surface area (Å²) in [6.45, 7) is -0.616. The molecular weight excluding hydrogens is 329 g/mol. The summed E-state index contributed by atoms with van der Waals surface area (Å²) < 4.78 is 23.2. The van der Waals surface area contributed by atoms with Gasteiger partial charge in [0.15, 0.2) is 5.70 Å². The van der Waals surface area contributed by atoms with Crippen LogP contribution in [0.4, 0.5) is 4.39 Å². The van der Waals surface area contributed by atoms with Crippen molar-refractivity contribution in [1.82, 2.24) is 0 Å². The molecule has 2 aromatic carbocycles. The van der Waals surface area contributed by atoms with Crippen LogP contribution in [0.25, 0.3) is 6.08 Å². The van der Waals surface area contributed by atoms with Crippen LogP contribution in [0.3, 0.4) is 0 Å². The zero-order valence-corrected chi connectivity index (χ0v) is 12.8. The summed E-state index contributed by atoms with van der Waals surface area (Å²) in [4.78, 5) is 26.6. The minimum Gasteiger partial charge on any atom is -0.546 e. The first-order valence-corrected chi connectivity index (χ1v) is 7.23. The van der Waals surface area contributed by atoms with E-state index in [1.165, 1.54) is 30.3 Å². The van der Waals surface area contributed by atoms with Gasteiger partial charge < -0.3 is 19.4 Å². The van der Waals surface area contributed by atoms with Crippen molar-refractivity contribution in [2.45, 2.75) is 0 Å². The molecular formula is C18H11FNO5-. The Balaban J connectivity index is 1.89. The minimum atomic E-state index is -1.36. The van der Waals surface area contributed by atoms with Crippen molar-refractivity contribution in [3.05, 3.63) is 71.2 Å². The highest BCUT2D eigenvalue weighted by Gasteiger charge is 2.24. The van der Waals surface area contributed by atoms with Gasteiger partial charge in [-0.05, 0) is 36.4 Å². The second kappa shape index (κ2) is 6.96. The van der Waals surface area contributed by atoms with Crippen molar-refractivity contribution in [2.75, 3.05) is 6.61 Å². The SMILES string of the molecule is O=C([O-])COc1ccccc1/C=C1\N=C(c2ccc(F)cc2)OC1=O. The van der Waals surface area contributed by atoms with Crippen molar-refractivity contribution in [3.8, 4) is 5.75 Å². The highest BCUT2D eigenvalue weighted by molar-refractivity contribution is 6.12. The zero-order valence-electron chi connectivity index (χ0n) is 12.8. The molecule has 6 nitrogen and oxygen atoms in total. The van der Waals surface area contributed by atoms with Crippen LogP contribution >= 0.6 is 0 Å². The van der Waals surface area contributed by atoms with E-state index in [0.29, 0.717) is 11.1 Å². The summed E-state index contributed by atoms with van der Waals surface area (Å²) in [5, 5.41) is 10.5. The van der Waals surface area contributed by atoms with Gasteiger partial charge in [-0.3, -0.25) is 0 Å². The van der Waals surface area contributed by atoms with E-state index >= 15 is 0 Å². The fourth-order valence-electron chi connectivity index (χ4n) is 2.14. The molecule has 0 aliphatic carbocycles. The maximum absolute atomic E-state index is 13.0. The van der Waals surface area contributed by atoms with Crippen molar-refractivity contribution in [2.24, 2.45) is 4.99 Å². The smallest absolute Gasteiger partial charge is 0.363 e. The maximum Gasteiger partial charge on any atom is 0.363 e. The second-order valence-corrected chi connectivity index (χ2v) is 5.04. The molecule has 0 bridgehead atoms. The van der Waals surface area contributed by atoms with E-state index in [1.54, 1.807) is 24.3 Å². The Kier molecular flexibility index (Phi) is 4.56. The molecule has 1 aliphatic rings. The van der Waals surface area contributed by atoms with Gasteiger partial charge in [-0.15, -0.1) is 0 Å². The summed E-state index contributed by atoms with van der Waals surface area (Å²) in [6.07, 6.45) is 1.42. The molecule has 126 valence electrons. The molecule has 3 rings (SSSR count). The molecule has 0 radical (unpaired) electrons. The molecule has 0 spiro atoms. The number of carboxylic acid groups (broad SMARTS) is 1. The number of carbonyl (C=O) groups excluding carboxylic acids is 2. The highest BCUT2D eigenvalue weighted by atomic mass is 19.1.